The third kappa shape index (κ3) is 9.18. The first-order valence-electron chi connectivity index (χ1n) is 11.4. The molecular weight excluding hydrogens is 574 g/mol. The van der Waals surface area contributed by atoms with Crippen LogP contribution in [-0.4, -0.2) is 5.43 Å². The standard InChI is InChI=1S/C18H16Cl.C9H13.C2H6Si.2ClH.Zr/c1-2-7-14-12-16-15(10-6-11-17(16)19)18(14)13-8-4-3-5-9-13;1-6-5-7(2)9(4)8(6)3;1-3-2;;;/h3-6,8-12H,2,7H2,1H3;6H,1-4H3;1-2H3;2*1H;/q2*-1;;;;+2/p-2. The van der Waals surface area contributed by atoms with Crippen LogP contribution in [0.2, 0.25) is 18.1 Å². The van der Waals surface area contributed by atoms with Gasteiger partial charge in [-0.05, 0) is 11.4 Å². The SMILES string of the molecule is CC1=[C-]C(C)C(C)=C1C.CCCc1[cH-]c2c(Cl)cccc2c1-c1ccccc1.C[Si](C)=[Zr+2].[Cl-].[Cl-]. The van der Waals surface area contributed by atoms with Gasteiger partial charge in [-0.3, -0.25) is 6.08 Å². The summed E-state index contributed by atoms with van der Waals surface area (Å²) in [6.07, 6.45) is 5.60. The van der Waals surface area contributed by atoms with Gasteiger partial charge >= 0.3 is 41.9 Å². The van der Waals surface area contributed by atoms with E-state index in [2.05, 4.69) is 96.3 Å². The zero-order valence-corrected chi connectivity index (χ0v) is 27.0. The molecule has 1 aliphatic carbocycles. The maximum atomic E-state index is 6.33. The monoisotopic (exact) mass is 606 g/mol. The van der Waals surface area contributed by atoms with Crippen LogP contribution in [-0.2, 0) is 29.8 Å². The van der Waals surface area contributed by atoms with Crippen molar-refractivity contribution in [2.24, 2.45) is 5.92 Å². The number of allylic oxidation sites excluding steroid dienone is 4. The van der Waals surface area contributed by atoms with E-state index in [0.29, 0.717) is 5.92 Å². The molecule has 0 amide bonds. The first-order chi connectivity index (χ1) is 15.2. The fraction of sp³-hybridized carbons (Fsp3) is 0.345. The van der Waals surface area contributed by atoms with Crippen molar-refractivity contribution in [2.45, 2.75) is 60.6 Å². The Bertz CT molecular complexity index is 1120. The number of halogens is 3. The summed E-state index contributed by atoms with van der Waals surface area (Å²) in [4.78, 5) is 0. The van der Waals surface area contributed by atoms with Gasteiger partial charge in [-0.25, -0.2) is 5.57 Å². The predicted octanol–water partition coefficient (Wildman–Crippen LogP) is 3.35. The van der Waals surface area contributed by atoms with Gasteiger partial charge < -0.3 is 24.8 Å². The summed E-state index contributed by atoms with van der Waals surface area (Å²) in [6.45, 7) is 15.5. The predicted molar refractivity (Wildman–Crippen MR) is 141 cm³/mol. The summed E-state index contributed by atoms with van der Waals surface area (Å²) in [7, 11) is 0. The van der Waals surface area contributed by atoms with Gasteiger partial charge in [0.15, 0.2) is 0 Å². The van der Waals surface area contributed by atoms with Crippen molar-refractivity contribution >= 4 is 27.8 Å². The van der Waals surface area contributed by atoms with Crippen LogP contribution in [0.4, 0.5) is 0 Å². The van der Waals surface area contributed by atoms with Crippen molar-refractivity contribution in [1.29, 1.82) is 0 Å². The second-order valence-electron chi connectivity index (χ2n) is 8.66. The number of hydrogen-bond donors (Lipinski definition) is 0. The molecule has 0 N–H and O–H groups in total. The molecule has 34 heavy (non-hydrogen) atoms. The molecule has 0 aliphatic heterocycles. The number of aryl methyl sites for hydroxylation is 1. The van der Waals surface area contributed by atoms with Gasteiger partial charge in [0.1, 0.15) is 0 Å². The van der Waals surface area contributed by atoms with Crippen LogP contribution >= 0.6 is 11.6 Å². The Labute approximate surface area is 239 Å². The summed E-state index contributed by atoms with van der Waals surface area (Å²) >= 11 is 8.07. The molecule has 0 aromatic heterocycles. The Hall–Kier alpha value is -0.500. The third-order valence-corrected chi connectivity index (χ3v) is 6.11. The number of rotatable bonds is 3. The van der Waals surface area contributed by atoms with Gasteiger partial charge in [-0.15, -0.1) is 52.6 Å². The quantitative estimate of drug-likeness (QED) is 0.316. The minimum absolute atomic E-state index is 0. The van der Waals surface area contributed by atoms with Crippen LogP contribution in [0.1, 0.15) is 46.6 Å². The first-order valence-corrected chi connectivity index (χ1v) is 18.0. The van der Waals surface area contributed by atoms with Gasteiger partial charge in [0.05, 0.1) is 0 Å². The maximum absolute atomic E-state index is 6.33. The van der Waals surface area contributed by atoms with Gasteiger partial charge in [0.2, 0.25) is 0 Å². The smallest absolute Gasteiger partial charge is 1.00 e. The molecule has 1 aliphatic rings. The van der Waals surface area contributed by atoms with E-state index in [1.807, 2.05) is 12.1 Å². The van der Waals surface area contributed by atoms with Gasteiger partial charge in [0, 0.05) is 0 Å². The van der Waals surface area contributed by atoms with Gasteiger partial charge in [0.25, 0.3) is 0 Å². The third-order valence-electron chi connectivity index (χ3n) is 5.78. The number of benzene rings is 2. The molecule has 5 heteroatoms. The summed E-state index contributed by atoms with van der Waals surface area (Å²) < 4.78 is 0. The molecule has 182 valence electrons. The van der Waals surface area contributed by atoms with Crippen molar-refractivity contribution in [3.63, 3.8) is 0 Å². The molecule has 0 saturated carbocycles. The van der Waals surface area contributed by atoms with Gasteiger partial charge in [-0.2, -0.15) is 11.1 Å². The molecule has 3 aromatic rings. The van der Waals surface area contributed by atoms with Crippen LogP contribution in [0.25, 0.3) is 21.9 Å². The van der Waals surface area contributed by atoms with Crippen molar-refractivity contribution in [3.05, 3.63) is 88.0 Å². The summed E-state index contributed by atoms with van der Waals surface area (Å²) in [5, 5.41) is 3.28. The van der Waals surface area contributed by atoms with E-state index in [0.717, 1.165) is 17.9 Å². The first kappa shape index (κ1) is 33.5. The molecule has 0 radical (unpaired) electrons. The molecule has 1 unspecified atom stereocenters. The van der Waals surface area contributed by atoms with E-state index < -0.39 is 0 Å². The molecule has 3 aromatic carbocycles. The molecule has 0 bridgehead atoms. The molecule has 0 heterocycles. The molecule has 0 saturated heterocycles. The van der Waals surface area contributed by atoms with Crippen molar-refractivity contribution in [3.8, 4) is 11.1 Å². The topological polar surface area (TPSA) is 0 Å². The molecule has 0 nitrogen and oxygen atoms in total. The van der Waals surface area contributed by atoms with Crippen LogP contribution < -0.4 is 24.8 Å². The van der Waals surface area contributed by atoms with E-state index in [4.69, 9.17) is 11.6 Å². The van der Waals surface area contributed by atoms with Crippen LogP contribution in [0.5, 0.6) is 0 Å². The normalized spacial score (nSPS) is 14.2. The Morgan fingerprint density at radius 1 is 1.00 bits per heavy atom. The van der Waals surface area contributed by atoms with E-state index in [-0.39, 0.29) is 30.2 Å². The molecule has 0 spiro atoms. The zero-order valence-electron chi connectivity index (χ0n) is 21.3. The van der Waals surface area contributed by atoms with Crippen LogP contribution in [0.15, 0.2) is 71.3 Å². The minimum atomic E-state index is 0. The van der Waals surface area contributed by atoms with Crippen LogP contribution in [0, 0.1) is 12.0 Å². The summed E-state index contributed by atoms with van der Waals surface area (Å²) in [5.74, 6) is 0.560. The molecule has 1 atom stereocenters. The average Bonchev–Trinajstić information content (AvgIpc) is 3.22. The Balaban J connectivity index is 0.000000614. The van der Waals surface area contributed by atoms with Crippen molar-refractivity contribution in [2.75, 3.05) is 0 Å². The second kappa shape index (κ2) is 16.3. The fourth-order valence-electron chi connectivity index (χ4n) is 3.90. The average molecular weight is 609 g/mol. The Morgan fingerprint density at radius 2 is 1.59 bits per heavy atom. The Morgan fingerprint density at radius 3 is 2.03 bits per heavy atom. The van der Waals surface area contributed by atoms with Crippen LogP contribution in [0.3, 0.4) is 0 Å². The number of hydrogen-bond acceptors (Lipinski definition) is 0. The van der Waals surface area contributed by atoms with E-state index in [9.17, 15) is 0 Å². The second-order valence-corrected chi connectivity index (χ2v) is 18.4. The maximum Gasteiger partial charge on any atom is -1.00 e. The molecule has 0 fully saturated rings. The fourth-order valence-corrected chi connectivity index (χ4v) is 4.12. The largest absolute Gasteiger partial charge is 1.00 e. The summed E-state index contributed by atoms with van der Waals surface area (Å²) in [6, 6.07) is 19.0. The number of fused-ring (bicyclic) bond motifs is 1. The van der Waals surface area contributed by atoms with E-state index >= 15 is 0 Å². The molecular formula is C29H35Cl3SiZr-2. The van der Waals surface area contributed by atoms with Crippen molar-refractivity contribution < 1.29 is 48.1 Å². The van der Waals surface area contributed by atoms with E-state index in [1.54, 1.807) is 23.3 Å². The zero-order chi connectivity index (χ0) is 23.8. The van der Waals surface area contributed by atoms with Gasteiger partial charge in [-0.1, -0.05) is 88.1 Å². The van der Waals surface area contributed by atoms with E-state index in [1.165, 1.54) is 44.2 Å². The summed E-state index contributed by atoms with van der Waals surface area (Å²) in [5.41, 5.74) is 8.48. The minimum Gasteiger partial charge on any atom is -1.00 e. The molecule has 4 rings (SSSR count). The van der Waals surface area contributed by atoms with Crippen molar-refractivity contribution in [1.82, 2.24) is 0 Å². The Kier molecular flexibility index (Phi) is 16.0.